The number of unbranched alkanes of at least 4 members (excludes halogenated alkanes) is 2. The quantitative estimate of drug-likeness (QED) is 0.618. The predicted octanol–water partition coefficient (Wildman–Crippen LogP) is 3.13. The number of nitrogens with one attached hydrogen (secondary N) is 1. The van der Waals surface area contributed by atoms with Gasteiger partial charge in [-0.2, -0.15) is 0 Å². The molecule has 0 atom stereocenters. The zero-order valence-corrected chi connectivity index (χ0v) is 12.1. The van der Waals surface area contributed by atoms with Crippen molar-refractivity contribution in [3.05, 3.63) is 0 Å². The predicted molar refractivity (Wildman–Crippen MR) is 74.0 cm³/mol. The summed E-state index contributed by atoms with van der Waals surface area (Å²) in [6, 6.07) is 0. The topological polar surface area (TPSA) is 15.3 Å². The van der Waals surface area contributed by atoms with E-state index >= 15 is 0 Å². The van der Waals surface area contributed by atoms with Gasteiger partial charge in [-0.3, -0.25) is 0 Å². The Morgan fingerprint density at radius 2 is 1.50 bits per heavy atom. The van der Waals surface area contributed by atoms with Gasteiger partial charge in [0.05, 0.1) is 0 Å². The average molecular weight is 228 g/mol. The molecule has 0 aromatic carbocycles. The second-order valence-electron chi connectivity index (χ2n) is 5.68. The van der Waals surface area contributed by atoms with Crippen molar-refractivity contribution in [3.8, 4) is 0 Å². The highest BCUT2D eigenvalue weighted by Crippen LogP contribution is 2.16. The van der Waals surface area contributed by atoms with Crippen LogP contribution in [-0.4, -0.2) is 38.1 Å². The largest absolute Gasteiger partial charge is 0.319 e. The number of hydrogen-bond donors (Lipinski definition) is 1. The Labute approximate surface area is 103 Å². The van der Waals surface area contributed by atoms with Crippen molar-refractivity contribution in [1.29, 1.82) is 0 Å². The van der Waals surface area contributed by atoms with Crippen molar-refractivity contribution >= 4 is 0 Å². The molecule has 2 heteroatoms. The van der Waals surface area contributed by atoms with E-state index in [9.17, 15) is 0 Å². The van der Waals surface area contributed by atoms with Gasteiger partial charge in [0.15, 0.2) is 0 Å². The standard InChI is InChI=1S/C14H32N2/c1-6-8-10-16(11-9-7-2)13-14(3,4)12-15-5/h15H,6-13H2,1-5H3. The molecule has 0 bridgehead atoms. The van der Waals surface area contributed by atoms with Crippen LogP contribution in [0.5, 0.6) is 0 Å². The van der Waals surface area contributed by atoms with E-state index in [1.807, 2.05) is 7.05 Å². The van der Waals surface area contributed by atoms with E-state index < -0.39 is 0 Å². The van der Waals surface area contributed by atoms with E-state index in [1.54, 1.807) is 0 Å². The molecule has 0 rings (SSSR count). The van der Waals surface area contributed by atoms with Crippen LogP contribution in [0.1, 0.15) is 53.4 Å². The molecule has 1 N–H and O–H groups in total. The molecule has 0 aliphatic heterocycles. The Balaban J connectivity index is 4.06. The maximum atomic E-state index is 3.30. The molecule has 0 saturated carbocycles. The maximum Gasteiger partial charge on any atom is 0.00448 e. The Morgan fingerprint density at radius 1 is 1.00 bits per heavy atom. The number of nitrogens with zero attached hydrogens (tertiary/aromatic N) is 1. The molecule has 98 valence electrons. The second-order valence-corrected chi connectivity index (χ2v) is 5.68. The minimum Gasteiger partial charge on any atom is -0.319 e. The Bertz CT molecular complexity index is 147. The minimum atomic E-state index is 0.385. The molecule has 0 saturated heterocycles. The van der Waals surface area contributed by atoms with Crippen LogP contribution in [0.15, 0.2) is 0 Å². The van der Waals surface area contributed by atoms with Crippen molar-refractivity contribution in [2.75, 3.05) is 33.2 Å². The summed E-state index contributed by atoms with van der Waals surface area (Å²) >= 11 is 0. The fourth-order valence-electron chi connectivity index (χ4n) is 2.17. The van der Waals surface area contributed by atoms with Crippen LogP contribution in [0.2, 0.25) is 0 Å². The van der Waals surface area contributed by atoms with Crippen LogP contribution in [0.3, 0.4) is 0 Å². The number of hydrogen-bond acceptors (Lipinski definition) is 2. The van der Waals surface area contributed by atoms with Gasteiger partial charge >= 0.3 is 0 Å². The molecule has 0 fully saturated rings. The lowest BCUT2D eigenvalue weighted by molar-refractivity contribution is 0.172. The third-order valence-electron chi connectivity index (χ3n) is 2.96. The highest BCUT2D eigenvalue weighted by molar-refractivity contribution is 4.75. The van der Waals surface area contributed by atoms with Crippen molar-refractivity contribution in [2.45, 2.75) is 53.4 Å². The molecule has 0 spiro atoms. The smallest absolute Gasteiger partial charge is 0.00448 e. The lowest BCUT2D eigenvalue weighted by atomic mass is 9.92. The highest BCUT2D eigenvalue weighted by atomic mass is 15.1. The first-order chi connectivity index (χ1) is 7.55. The van der Waals surface area contributed by atoms with Crippen LogP contribution in [0, 0.1) is 5.41 Å². The first-order valence-corrected chi connectivity index (χ1v) is 6.92. The first-order valence-electron chi connectivity index (χ1n) is 6.92. The first kappa shape index (κ1) is 15.9. The summed E-state index contributed by atoms with van der Waals surface area (Å²) < 4.78 is 0. The Morgan fingerprint density at radius 3 is 1.88 bits per heavy atom. The van der Waals surface area contributed by atoms with E-state index in [0.717, 1.165) is 6.54 Å². The minimum absolute atomic E-state index is 0.385. The molecule has 0 unspecified atom stereocenters. The van der Waals surface area contributed by atoms with Gasteiger partial charge in [-0.05, 0) is 38.4 Å². The van der Waals surface area contributed by atoms with Gasteiger partial charge in [-0.15, -0.1) is 0 Å². The van der Waals surface area contributed by atoms with Crippen molar-refractivity contribution < 1.29 is 0 Å². The molecule has 16 heavy (non-hydrogen) atoms. The van der Waals surface area contributed by atoms with Crippen molar-refractivity contribution in [2.24, 2.45) is 5.41 Å². The summed E-state index contributed by atoms with van der Waals surface area (Å²) in [6.45, 7) is 14.1. The molecule has 0 aliphatic rings. The second kappa shape index (κ2) is 9.00. The van der Waals surface area contributed by atoms with Crippen LogP contribution < -0.4 is 5.32 Å². The molecule has 0 heterocycles. The normalized spacial score (nSPS) is 12.4. The van der Waals surface area contributed by atoms with Gasteiger partial charge in [0.2, 0.25) is 0 Å². The van der Waals surface area contributed by atoms with Crippen LogP contribution >= 0.6 is 0 Å². The zero-order valence-electron chi connectivity index (χ0n) is 12.1. The van der Waals surface area contributed by atoms with Crippen molar-refractivity contribution in [1.82, 2.24) is 10.2 Å². The third-order valence-corrected chi connectivity index (χ3v) is 2.96. The summed E-state index contributed by atoms with van der Waals surface area (Å²) in [5, 5.41) is 3.30. The Kier molecular flexibility index (Phi) is 8.96. The summed E-state index contributed by atoms with van der Waals surface area (Å²) in [4.78, 5) is 2.64. The third kappa shape index (κ3) is 8.12. The van der Waals surface area contributed by atoms with E-state index in [4.69, 9.17) is 0 Å². The molecule has 0 amide bonds. The van der Waals surface area contributed by atoms with Crippen molar-refractivity contribution in [3.63, 3.8) is 0 Å². The highest BCUT2D eigenvalue weighted by Gasteiger charge is 2.20. The average Bonchev–Trinajstić information content (AvgIpc) is 2.21. The molecule has 0 aromatic heterocycles. The Hall–Kier alpha value is -0.0800. The van der Waals surface area contributed by atoms with E-state index in [-0.39, 0.29) is 0 Å². The van der Waals surface area contributed by atoms with Gasteiger partial charge < -0.3 is 10.2 Å². The van der Waals surface area contributed by atoms with E-state index in [1.165, 1.54) is 45.3 Å². The summed E-state index contributed by atoms with van der Waals surface area (Å²) in [5.41, 5.74) is 0.385. The molecular weight excluding hydrogens is 196 g/mol. The fourth-order valence-corrected chi connectivity index (χ4v) is 2.17. The summed E-state index contributed by atoms with van der Waals surface area (Å²) in [6.07, 6.45) is 5.27. The summed E-state index contributed by atoms with van der Waals surface area (Å²) in [5.74, 6) is 0. The van der Waals surface area contributed by atoms with Gasteiger partial charge in [0.25, 0.3) is 0 Å². The SMILES string of the molecule is CCCCN(CCCC)CC(C)(C)CNC. The monoisotopic (exact) mass is 228 g/mol. The van der Waals surface area contributed by atoms with Crippen LogP contribution in [0.25, 0.3) is 0 Å². The molecular formula is C14H32N2. The fraction of sp³-hybridized carbons (Fsp3) is 1.00. The molecule has 0 aromatic rings. The lowest BCUT2D eigenvalue weighted by Gasteiger charge is -2.32. The molecule has 2 nitrogen and oxygen atoms in total. The van der Waals surface area contributed by atoms with Gasteiger partial charge in [-0.25, -0.2) is 0 Å². The maximum absolute atomic E-state index is 3.30. The molecule has 0 aliphatic carbocycles. The van der Waals surface area contributed by atoms with Gasteiger partial charge in [0, 0.05) is 13.1 Å². The summed E-state index contributed by atoms with van der Waals surface area (Å²) in [7, 11) is 2.05. The van der Waals surface area contributed by atoms with Gasteiger partial charge in [-0.1, -0.05) is 40.5 Å². The van der Waals surface area contributed by atoms with E-state index in [2.05, 4.69) is 37.9 Å². The van der Waals surface area contributed by atoms with Gasteiger partial charge in [0.1, 0.15) is 0 Å². The zero-order chi connectivity index (χ0) is 12.4. The molecule has 0 radical (unpaired) electrons. The lowest BCUT2D eigenvalue weighted by Crippen LogP contribution is -2.40. The van der Waals surface area contributed by atoms with Crippen LogP contribution in [0.4, 0.5) is 0 Å². The van der Waals surface area contributed by atoms with E-state index in [0.29, 0.717) is 5.41 Å². The number of rotatable bonds is 10. The van der Waals surface area contributed by atoms with Crippen LogP contribution in [-0.2, 0) is 0 Å².